The highest BCUT2D eigenvalue weighted by atomic mass is 32.2. The van der Waals surface area contributed by atoms with Crippen molar-refractivity contribution in [2.75, 3.05) is 26.1 Å². The fourth-order valence-electron chi connectivity index (χ4n) is 1.95. The third-order valence-electron chi connectivity index (χ3n) is 3.15. The lowest BCUT2D eigenvalue weighted by Crippen LogP contribution is -2.19. The van der Waals surface area contributed by atoms with Crippen molar-refractivity contribution in [3.05, 3.63) is 44.9 Å². The minimum Gasteiger partial charge on any atom is -0.466 e. The molecule has 10 nitrogen and oxygen atoms in total. The summed E-state index contributed by atoms with van der Waals surface area (Å²) in [7, 11) is 4.79. The smallest absolute Gasteiger partial charge is 0.331 e. The first-order chi connectivity index (χ1) is 12.3. The van der Waals surface area contributed by atoms with Crippen molar-refractivity contribution in [3.8, 4) is 0 Å². The fourth-order valence-corrected chi connectivity index (χ4v) is 2.69. The molecule has 0 spiro atoms. The van der Waals surface area contributed by atoms with Crippen molar-refractivity contribution < 1.29 is 19.2 Å². The van der Waals surface area contributed by atoms with E-state index < -0.39 is 16.8 Å². The van der Waals surface area contributed by atoms with E-state index in [1.165, 1.54) is 25.5 Å². The molecule has 1 heterocycles. The Bertz CT molecular complexity index is 847. The number of nitrogens with one attached hydrogen (secondary N) is 1. The van der Waals surface area contributed by atoms with Crippen molar-refractivity contribution in [3.63, 3.8) is 0 Å². The number of carbonyl (C=O) groups excluding carboxylic acids is 2. The van der Waals surface area contributed by atoms with E-state index in [1.54, 1.807) is 25.1 Å². The third-order valence-corrected chi connectivity index (χ3v) is 4.05. The van der Waals surface area contributed by atoms with Gasteiger partial charge in [-0.05, 0) is 17.8 Å². The molecule has 2 rings (SSSR count). The normalized spacial score (nSPS) is 17.0. The first-order valence-electron chi connectivity index (χ1n) is 7.17. The van der Waals surface area contributed by atoms with Gasteiger partial charge < -0.3 is 9.64 Å². The molecule has 0 bridgehead atoms. The predicted molar refractivity (Wildman–Crippen MR) is 98.3 cm³/mol. The molecule has 1 aliphatic rings. The molecule has 1 saturated heterocycles. The summed E-state index contributed by atoms with van der Waals surface area (Å²) in [5.74, 6) is -1.14. The van der Waals surface area contributed by atoms with Gasteiger partial charge in [0, 0.05) is 43.6 Å². The number of esters is 1. The van der Waals surface area contributed by atoms with Gasteiger partial charge in [-0.15, -0.1) is 5.10 Å². The Labute approximate surface area is 152 Å². The number of nitrogens with zero attached hydrogens (tertiary/aromatic N) is 4. The maximum atomic E-state index is 11.7. The molecule has 136 valence electrons. The second kappa shape index (κ2) is 8.25. The molecule has 0 radical (unpaired) electrons. The van der Waals surface area contributed by atoms with Crippen LogP contribution in [0, 0.1) is 10.1 Å². The van der Waals surface area contributed by atoms with E-state index in [9.17, 15) is 19.7 Å². The van der Waals surface area contributed by atoms with E-state index in [0.29, 0.717) is 11.3 Å². The molecule has 1 aromatic carbocycles. The van der Waals surface area contributed by atoms with Crippen LogP contribution in [0.2, 0.25) is 0 Å². The van der Waals surface area contributed by atoms with Gasteiger partial charge in [-0.25, -0.2) is 4.79 Å². The van der Waals surface area contributed by atoms with E-state index in [2.05, 4.69) is 20.3 Å². The molecule has 0 aromatic heterocycles. The molecule has 26 heavy (non-hydrogen) atoms. The molecule has 0 saturated carbocycles. The summed E-state index contributed by atoms with van der Waals surface area (Å²) in [5.41, 5.74) is 1.14. The monoisotopic (exact) mass is 377 g/mol. The van der Waals surface area contributed by atoms with Crippen molar-refractivity contribution in [1.29, 1.82) is 0 Å². The average Bonchev–Trinajstić information content (AvgIpc) is 2.93. The lowest BCUT2D eigenvalue weighted by atomic mass is 10.1. The van der Waals surface area contributed by atoms with Crippen molar-refractivity contribution in [2.24, 2.45) is 10.2 Å². The average molecular weight is 377 g/mol. The number of benzene rings is 1. The van der Waals surface area contributed by atoms with Gasteiger partial charge in [0.25, 0.3) is 11.6 Å². The first kappa shape index (κ1) is 19.1. The van der Waals surface area contributed by atoms with Gasteiger partial charge in [0.05, 0.1) is 23.2 Å². The van der Waals surface area contributed by atoms with Gasteiger partial charge >= 0.3 is 5.97 Å². The molecule has 11 heteroatoms. The number of carbonyl (C=O) groups is 2. The molecule has 1 aliphatic heterocycles. The van der Waals surface area contributed by atoms with Crippen molar-refractivity contribution >= 4 is 46.4 Å². The summed E-state index contributed by atoms with van der Waals surface area (Å²) in [6.45, 7) is 0. The topological polar surface area (TPSA) is 126 Å². The van der Waals surface area contributed by atoms with Gasteiger partial charge in [0.15, 0.2) is 5.17 Å². The number of amides is 1. The Hall–Kier alpha value is -3.21. The van der Waals surface area contributed by atoms with Gasteiger partial charge in [-0.1, -0.05) is 0 Å². The molecular formula is C15H15N5O5S. The van der Waals surface area contributed by atoms with Crippen LogP contribution in [0.3, 0.4) is 0 Å². The zero-order valence-corrected chi connectivity index (χ0v) is 14.9. The summed E-state index contributed by atoms with van der Waals surface area (Å²) >= 11 is 0.933. The Morgan fingerprint density at radius 3 is 2.77 bits per heavy atom. The van der Waals surface area contributed by atoms with E-state index in [1.807, 2.05) is 0 Å². The summed E-state index contributed by atoms with van der Waals surface area (Å²) < 4.78 is 4.46. The van der Waals surface area contributed by atoms with Gasteiger partial charge in [-0.2, -0.15) is 5.10 Å². The van der Waals surface area contributed by atoms with Crippen LogP contribution >= 0.6 is 11.8 Å². The molecule has 0 aliphatic carbocycles. The largest absolute Gasteiger partial charge is 0.466 e. The minimum atomic E-state index is -0.653. The van der Waals surface area contributed by atoms with Crippen LogP contribution in [0.15, 0.2) is 39.4 Å². The van der Waals surface area contributed by atoms with Crippen LogP contribution in [0.4, 0.5) is 11.4 Å². The molecule has 0 atom stereocenters. The zero-order valence-electron chi connectivity index (χ0n) is 14.1. The Morgan fingerprint density at radius 1 is 1.42 bits per heavy atom. The number of non-ortho nitro benzene ring substituents is 1. The molecular weight excluding hydrogens is 362 g/mol. The fraction of sp³-hybridized carbons (Fsp3) is 0.200. The molecule has 0 unspecified atom stereocenters. The number of thioether (sulfide) groups is 1. The molecule has 1 amide bonds. The van der Waals surface area contributed by atoms with Crippen LogP contribution in [0.1, 0.15) is 5.56 Å². The Balaban J connectivity index is 2.22. The van der Waals surface area contributed by atoms with E-state index in [-0.39, 0.29) is 15.8 Å². The highest BCUT2D eigenvalue weighted by Gasteiger charge is 2.25. The van der Waals surface area contributed by atoms with Crippen molar-refractivity contribution in [2.45, 2.75) is 0 Å². The zero-order chi connectivity index (χ0) is 19.3. The molecule has 1 fully saturated rings. The quantitative estimate of drug-likeness (QED) is 0.269. The highest BCUT2D eigenvalue weighted by Crippen LogP contribution is 2.24. The van der Waals surface area contributed by atoms with E-state index in [0.717, 1.165) is 17.8 Å². The van der Waals surface area contributed by atoms with E-state index >= 15 is 0 Å². The number of nitro groups is 1. The highest BCUT2D eigenvalue weighted by molar-refractivity contribution is 8.18. The number of nitro benzene ring substituents is 1. The number of ether oxygens (including phenoxy) is 1. The van der Waals surface area contributed by atoms with Crippen LogP contribution < -0.4 is 10.2 Å². The standard InChI is InChI=1S/C15H15N5O5S/c1-19(2)11-5-4-10(20(23)24)6-9(11)8-16-18-15-17-14(22)12(26-15)7-13(21)25-3/h4-8H,1-3H3,(H,17,18,22)/b12-7+,16-8?. The summed E-state index contributed by atoms with van der Waals surface area (Å²) in [6.07, 6.45) is 2.40. The van der Waals surface area contributed by atoms with Gasteiger partial charge in [-0.3, -0.25) is 20.2 Å². The number of methoxy groups -OCH3 is 1. The number of hydrogen-bond acceptors (Lipinski definition) is 9. The maximum Gasteiger partial charge on any atom is 0.331 e. The first-order valence-corrected chi connectivity index (χ1v) is 7.99. The second-order valence-corrected chi connectivity index (χ2v) is 6.16. The number of amidine groups is 1. The Kier molecular flexibility index (Phi) is 6.07. The van der Waals surface area contributed by atoms with Crippen LogP contribution in [-0.2, 0) is 14.3 Å². The van der Waals surface area contributed by atoms with Gasteiger partial charge in [0.2, 0.25) is 0 Å². The number of rotatable bonds is 5. The lowest BCUT2D eigenvalue weighted by molar-refractivity contribution is -0.384. The Morgan fingerprint density at radius 2 is 2.15 bits per heavy atom. The van der Waals surface area contributed by atoms with Gasteiger partial charge in [0.1, 0.15) is 0 Å². The summed E-state index contributed by atoms with van der Waals surface area (Å²) in [5, 5.41) is 21.3. The van der Waals surface area contributed by atoms with Crippen LogP contribution in [-0.4, -0.2) is 49.4 Å². The number of anilines is 1. The molecule has 1 N–H and O–H groups in total. The minimum absolute atomic E-state index is 0.0726. The summed E-state index contributed by atoms with van der Waals surface area (Å²) in [6, 6.07) is 4.38. The predicted octanol–water partition coefficient (Wildman–Crippen LogP) is 1.27. The van der Waals surface area contributed by atoms with Crippen LogP contribution in [0.5, 0.6) is 0 Å². The lowest BCUT2D eigenvalue weighted by Gasteiger charge is -2.14. The summed E-state index contributed by atoms with van der Waals surface area (Å²) in [4.78, 5) is 35.2. The molecule has 1 aromatic rings. The van der Waals surface area contributed by atoms with Crippen LogP contribution in [0.25, 0.3) is 0 Å². The number of hydrogen-bond donors (Lipinski definition) is 1. The SMILES string of the molecule is COC(=O)/C=C1/S/C(=N\N=Cc2cc([N+](=O)[O-])ccc2N(C)C)NC1=O. The van der Waals surface area contributed by atoms with E-state index in [4.69, 9.17) is 0 Å². The van der Waals surface area contributed by atoms with Crippen molar-refractivity contribution in [1.82, 2.24) is 5.32 Å². The third kappa shape index (κ3) is 4.66. The maximum absolute atomic E-state index is 11.7. The second-order valence-electron chi connectivity index (χ2n) is 5.13.